The molecule has 2 rings (SSSR count). The monoisotopic (exact) mass is 163 g/mol. The molecule has 0 unspecified atom stereocenters. The first-order valence-electron chi connectivity index (χ1n) is 3.63. The van der Waals surface area contributed by atoms with E-state index in [-0.39, 0.29) is 0 Å². The molecule has 0 bridgehead atoms. The number of aryl methyl sites for hydroxylation is 2. The Morgan fingerprint density at radius 3 is 2.83 bits per heavy atom. The van der Waals surface area contributed by atoms with Crippen LogP contribution in [0.25, 0.3) is 5.78 Å². The van der Waals surface area contributed by atoms with Crippen molar-refractivity contribution in [2.45, 2.75) is 13.8 Å². The molecule has 0 aromatic carbocycles. The molecule has 0 spiro atoms. The number of nitrogens with zero attached hydrogens (tertiary/aromatic N) is 4. The Kier molecular flexibility index (Phi) is 1.27. The highest BCUT2D eigenvalue weighted by atomic mass is 15.3. The van der Waals surface area contributed by atoms with Gasteiger partial charge >= 0.3 is 0 Å². The summed E-state index contributed by atoms with van der Waals surface area (Å²) in [6, 6.07) is 0. The number of rotatable bonds is 0. The summed E-state index contributed by atoms with van der Waals surface area (Å²) in [6.45, 7) is 3.71. The number of aromatic nitrogens is 4. The molecule has 0 saturated heterocycles. The maximum atomic E-state index is 5.60. The van der Waals surface area contributed by atoms with Crippen LogP contribution in [0.5, 0.6) is 0 Å². The van der Waals surface area contributed by atoms with Gasteiger partial charge in [-0.15, -0.1) is 0 Å². The van der Waals surface area contributed by atoms with Crippen LogP contribution in [0.15, 0.2) is 6.20 Å². The molecule has 0 radical (unpaired) electrons. The summed E-state index contributed by atoms with van der Waals surface area (Å²) >= 11 is 0. The highest BCUT2D eigenvalue weighted by molar-refractivity contribution is 5.43. The molecular weight excluding hydrogens is 154 g/mol. The molecule has 0 fully saturated rings. The molecule has 5 nitrogen and oxygen atoms in total. The van der Waals surface area contributed by atoms with Crippen molar-refractivity contribution in [2.24, 2.45) is 0 Å². The minimum Gasteiger partial charge on any atom is -0.383 e. The maximum absolute atomic E-state index is 5.60. The van der Waals surface area contributed by atoms with Crippen LogP contribution in [0.1, 0.15) is 11.4 Å². The van der Waals surface area contributed by atoms with E-state index in [1.54, 1.807) is 4.52 Å². The largest absolute Gasteiger partial charge is 0.383 e. The van der Waals surface area contributed by atoms with Crippen molar-refractivity contribution >= 4 is 11.6 Å². The molecule has 12 heavy (non-hydrogen) atoms. The molecule has 5 heteroatoms. The Hall–Kier alpha value is -1.65. The number of nitrogens with two attached hydrogens (primary N) is 1. The molecular formula is C7H9N5. The van der Waals surface area contributed by atoms with E-state index in [4.69, 9.17) is 5.73 Å². The first kappa shape index (κ1) is 7.02. The zero-order valence-corrected chi connectivity index (χ0v) is 6.94. The van der Waals surface area contributed by atoms with Crippen molar-refractivity contribution < 1.29 is 0 Å². The summed E-state index contributed by atoms with van der Waals surface area (Å²) in [5.41, 5.74) is 6.51. The first-order valence-corrected chi connectivity index (χ1v) is 3.63. The van der Waals surface area contributed by atoms with Gasteiger partial charge < -0.3 is 5.73 Å². The molecule has 0 aliphatic carbocycles. The van der Waals surface area contributed by atoms with E-state index < -0.39 is 0 Å². The van der Waals surface area contributed by atoms with Gasteiger partial charge in [-0.3, -0.25) is 0 Å². The minimum atomic E-state index is 0.509. The van der Waals surface area contributed by atoms with Crippen molar-refractivity contribution in [3.05, 3.63) is 17.6 Å². The fourth-order valence-corrected chi connectivity index (χ4v) is 1.03. The Labute approximate surface area is 69.2 Å². The fourth-order valence-electron chi connectivity index (χ4n) is 1.03. The number of anilines is 1. The van der Waals surface area contributed by atoms with Gasteiger partial charge in [0, 0.05) is 11.8 Å². The second kappa shape index (κ2) is 2.17. The van der Waals surface area contributed by atoms with Crippen molar-refractivity contribution in [1.82, 2.24) is 19.6 Å². The van der Waals surface area contributed by atoms with Crippen molar-refractivity contribution in [3.8, 4) is 0 Å². The number of nitrogen functional groups attached to an aromatic ring is 1. The summed E-state index contributed by atoms with van der Waals surface area (Å²) < 4.78 is 1.63. The van der Waals surface area contributed by atoms with E-state index in [2.05, 4.69) is 15.1 Å². The van der Waals surface area contributed by atoms with Gasteiger partial charge in [-0.05, 0) is 13.8 Å². The van der Waals surface area contributed by atoms with Crippen LogP contribution in [-0.2, 0) is 0 Å². The van der Waals surface area contributed by atoms with E-state index in [0.717, 1.165) is 5.56 Å². The van der Waals surface area contributed by atoms with Gasteiger partial charge in [-0.2, -0.15) is 15.1 Å². The molecule has 2 aromatic rings. The van der Waals surface area contributed by atoms with Crippen LogP contribution in [0, 0.1) is 13.8 Å². The zero-order valence-electron chi connectivity index (χ0n) is 6.94. The second-order valence-electron chi connectivity index (χ2n) is 2.71. The van der Waals surface area contributed by atoms with Crippen LogP contribution in [-0.4, -0.2) is 19.6 Å². The van der Waals surface area contributed by atoms with Gasteiger partial charge in [-0.1, -0.05) is 0 Å². The van der Waals surface area contributed by atoms with Gasteiger partial charge in [0.05, 0.1) is 0 Å². The Balaban J connectivity index is 2.83. The fraction of sp³-hybridized carbons (Fsp3) is 0.286. The lowest BCUT2D eigenvalue weighted by molar-refractivity contribution is 0.909. The lowest BCUT2D eigenvalue weighted by Crippen LogP contribution is -1.99. The molecule has 2 aromatic heterocycles. The van der Waals surface area contributed by atoms with Crippen molar-refractivity contribution in [3.63, 3.8) is 0 Å². The van der Waals surface area contributed by atoms with Crippen LogP contribution in [0.4, 0.5) is 5.82 Å². The summed E-state index contributed by atoms with van der Waals surface area (Å²) in [5.74, 6) is 1.76. The van der Waals surface area contributed by atoms with E-state index in [1.807, 2.05) is 20.0 Å². The Morgan fingerprint density at radius 1 is 1.33 bits per heavy atom. The standard InChI is InChI=1S/C7H9N5/c1-4-3-12-7(10-6(4)8)9-5(2)11-12/h3H,1-2H3,(H2,8,9,10,11). The molecule has 0 aliphatic heterocycles. The normalized spacial score (nSPS) is 10.8. The van der Waals surface area contributed by atoms with Crippen molar-refractivity contribution in [2.75, 3.05) is 5.73 Å². The average molecular weight is 163 g/mol. The maximum Gasteiger partial charge on any atom is 0.254 e. The zero-order chi connectivity index (χ0) is 8.72. The van der Waals surface area contributed by atoms with E-state index in [1.165, 1.54) is 0 Å². The predicted octanol–water partition coefficient (Wildman–Crippen LogP) is 0.323. The van der Waals surface area contributed by atoms with Crippen LogP contribution in [0.3, 0.4) is 0 Å². The van der Waals surface area contributed by atoms with Gasteiger partial charge in [0.15, 0.2) is 0 Å². The third-order valence-electron chi connectivity index (χ3n) is 1.66. The summed E-state index contributed by atoms with van der Waals surface area (Å²) in [5, 5.41) is 4.10. The smallest absolute Gasteiger partial charge is 0.254 e. The molecule has 2 heterocycles. The molecule has 0 atom stereocenters. The quantitative estimate of drug-likeness (QED) is 0.607. The van der Waals surface area contributed by atoms with Gasteiger partial charge in [-0.25, -0.2) is 4.52 Å². The summed E-state index contributed by atoms with van der Waals surface area (Å²) in [4.78, 5) is 8.14. The predicted molar refractivity (Wildman–Crippen MR) is 44.7 cm³/mol. The van der Waals surface area contributed by atoms with Gasteiger partial charge in [0.2, 0.25) is 0 Å². The Bertz CT molecular complexity index is 392. The third-order valence-corrected chi connectivity index (χ3v) is 1.66. The van der Waals surface area contributed by atoms with Gasteiger partial charge in [0.1, 0.15) is 11.6 Å². The first-order chi connectivity index (χ1) is 5.66. The second-order valence-corrected chi connectivity index (χ2v) is 2.71. The third kappa shape index (κ3) is 0.903. The topological polar surface area (TPSA) is 69.1 Å². The molecule has 0 amide bonds. The Morgan fingerprint density at radius 2 is 2.08 bits per heavy atom. The van der Waals surface area contributed by atoms with Crippen molar-refractivity contribution in [1.29, 1.82) is 0 Å². The summed E-state index contributed by atoms with van der Waals surface area (Å²) in [7, 11) is 0. The van der Waals surface area contributed by atoms with Crippen LogP contribution in [0.2, 0.25) is 0 Å². The molecule has 0 saturated carbocycles. The average Bonchev–Trinajstić information content (AvgIpc) is 2.30. The van der Waals surface area contributed by atoms with E-state index in [0.29, 0.717) is 17.4 Å². The molecule has 0 aliphatic rings. The highest BCUT2D eigenvalue weighted by Gasteiger charge is 2.02. The van der Waals surface area contributed by atoms with Gasteiger partial charge in [0.25, 0.3) is 5.78 Å². The minimum absolute atomic E-state index is 0.509. The number of fused-ring (bicyclic) bond motifs is 1. The van der Waals surface area contributed by atoms with E-state index >= 15 is 0 Å². The summed E-state index contributed by atoms with van der Waals surface area (Å²) in [6.07, 6.45) is 1.82. The lowest BCUT2D eigenvalue weighted by Gasteiger charge is -1.96. The SMILES string of the molecule is Cc1nc2nc(N)c(C)cn2n1. The van der Waals surface area contributed by atoms with Crippen LogP contribution >= 0.6 is 0 Å². The lowest BCUT2D eigenvalue weighted by atomic mass is 10.4. The van der Waals surface area contributed by atoms with Crippen LogP contribution < -0.4 is 5.73 Å². The molecule has 2 N–H and O–H groups in total. The molecule has 62 valence electrons. The highest BCUT2D eigenvalue weighted by Crippen LogP contribution is 2.07. The number of hydrogen-bond donors (Lipinski definition) is 1. The van der Waals surface area contributed by atoms with E-state index in [9.17, 15) is 0 Å². The number of hydrogen-bond acceptors (Lipinski definition) is 4.